The predicted octanol–water partition coefficient (Wildman–Crippen LogP) is 6.68. The lowest BCUT2D eigenvalue weighted by atomic mass is 9.99. The molecule has 11 heteroatoms. The third-order valence-corrected chi connectivity index (χ3v) is 7.22. The minimum absolute atomic E-state index is 0.0881. The van der Waals surface area contributed by atoms with Crippen molar-refractivity contribution in [2.24, 2.45) is 0 Å². The van der Waals surface area contributed by atoms with E-state index in [1.165, 1.54) is 6.20 Å². The Labute approximate surface area is 224 Å². The van der Waals surface area contributed by atoms with Crippen molar-refractivity contribution < 1.29 is 27.5 Å². The number of nitrogens with one attached hydrogen (secondary N) is 2. The van der Waals surface area contributed by atoms with E-state index in [-0.39, 0.29) is 24.3 Å². The lowest BCUT2D eigenvalue weighted by Crippen LogP contribution is -2.40. The Kier molecular flexibility index (Phi) is 6.94. The summed E-state index contributed by atoms with van der Waals surface area (Å²) in [6.07, 6.45) is 1.02. The number of alkyl halides is 3. The van der Waals surface area contributed by atoms with Gasteiger partial charge in [0.15, 0.2) is 0 Å². The summed E-state index contributed by atoms with van der Waals surface area (Å²) in [7, 11) is 0. The first-order chi connectivity index (χ1) is 18.4. The largest absolute Gasteiger partial charge is 0.442 e. The Bertz CT molecular complexity index is 1380. The second kappa shape index (κ2) is 10.1. The molecule has 0 saturated carbocycles. The summed E-state index contributed by atoms with van der Waals surface area (Å²) in [4.78, 5) is 27.1. The molecule has 2 aromatic carbocycles. The predicted molar refractivity (Wildman–Crippen MR) is 142 cm³/mol. The van der Waals surface area contributed by atoms with E-state index in [9.17, 15) is 22.8 Å². The number of ether oxygens (including phenoxy) is 1. The molecule has 2 saturated heterocycles. The standard InChI is InChI=1S/C28H32F3N5O3/c1-27(2,3)39-26(38)36-23-9-5-8-22(20(23)16-33-36)34-25(37)32-15-17-10-13-24(21(14-17)28(29,30)31)35-18-6-4-7-19(35)12-11-18/h5,8-10,13-14,16,18-19H,4,6-7,11-12,15H2,1-3H3,(H2,32,34,37). The highest BCUT2D eigenvalue weighted by Crippen LogP contribution is 2.45. The number of rotatable bonds is 4. The SMILES string of the molecule is CC(C)(C)OC(=O)n1ncc2c(NC(=O)NCc3ccc(N4C5CCCC4CC5)c(C(F)(F)F)c3)cccc21. The maximum Gasteiger partial charge on any atom is 0.435 e. The van der Waals surface area contributed by atoms with Crippen LogP contribution < -0.4 is 15.5 Å². The van der Waals surface area contributed by atoms with Crippen LogP contribution in [0.5, 0.6) is 0 Å². The Morgan fingerprint density at radius 3 is 2.44 bits per heavy atom. The van der Waals surface area contributed by atoms with E-state index in [0.717, 1.165) is 42.9 Å². The van der Waals surface area contributed by atoms with Crippen LogP contribution >= 0.6 is 0 Å². The van der Waals surface area contributed by atoms with Crippen molar-refractivity contribution in [1.29, 1.82) is 0 Å². The van der Waals surface area contributed by atoms with Crippen LogP contribution in [0.3, 0.4) is 0 Å². The Morgan fingerprint density at radius 1 is 1.05 bits per heavy atom. The number of carbonyl (C=O) groups is 2. The van der Waals surface area contributed by atoms with Gasteiger partial charge in [-0.3, -0.25) is 0 Å². The van der Waals surface area contributed by atoms with E-state index in [1.54, 1.807) is 51.1 Å². The molecule has 0 radical (unpaired) electrons. The molecule has 2 fully saturated rings. The Hall–Kier alpha value is -3.76. The van der Waals surface area contributed by atoms with E-state index >= 15 is 0 Å². The highest BCUT2D eigenvalue weighted by Gasteiger charge is 2.42. The molecular formula is C28H32F3N5O3. The van der Waals surface area contributed by atoms with Gasteiger partial charge in [0.25, 0.3) is 0 Å². The molecule has 2 atom stereocenters. The molecule has 1 aromatic heterocycles. The highest BCUT2D eigenvalue weighted by molar-refractivity contribution is 6.02. The van der Waals surface area contributed by atoms with Gasteiger partial charge in [-0.15, -0.1) is 0 Å². The van der Waals surface area contributed by atoms with Gasteiger partial charge in [-0.2, -0.15) is 23.0 Å². The summed E-state index contributed by atoms with van der Waals surface area (Å²) in [5.74, 6) is 0. The second-order valence-electron chi connectivity index (χ2n) is 11.2. The molecule has 2 aliphatic heterocycles. The molecule has 5 rings (SSSR count). The lowest BCUT2D eigenvalue weighted by molar-refractivity contribution is -0.137. The molecule has 2 amide bonds. The van der Waals surface area contributed by atoms with E-state index in [1.807, 2.05) is 4.90 Å². The number of hydrogen-bond acceptors (Lipinski definition) is 5. The molecule has 0 aliphatic carbocycles. The zero-order valence-electron chi connectivity index (χ0n) is 22.1. The third-order valence-electron chi connectivity index (χ3n) is 7.22. The fraction of sp³-hybridized carbons (Fsp3) is 0.464. The van der Waals surface area contributed by atoms with Gasteiger partial charge in [0, 0.05) is 29.7 Å². The van der Waals surface area contributed by atoms with Crippen molar-refractivity contribution in [3.05, 3.63) is 53.7 Å². The van der Waals surface area contributed by atoms with Gasteiger partial charge in [0.1, 0.15) is 5.60 Å². The summed E-state index contributed by atoms with van der Waals surface area (Å²) in [5, 5.41) is 9.94. The van der Waals surface area contributed by atoms with Crippen LogP contribution in [0, 0.1) is 0 Å². The minimum Gasteiger partial charge on any atom is -0.442 e. The van der Waals surface area contributed by atoms with Gasteiger partial charge in [-0.1, -0.05) is 12.1 Å². The van der Waals surface area contributed by atoms with E-state index in [2.05, 4.69) is 15.7 Å². The number of benzene rings is 2. The summed E-state index contributed by atoms with van der Waals surface area (Å²) < 4.78 is 48.7. The molecule has 2 bridgehead atoms. The topological polar surface area (TPSA) is 88.5 Å². The number of amides is 2. The molecule has 2 unspecified atom stereocenters. The van der Waals surface area contributed by atoms with Gasteiger partial charge < -0.3 is 20.3 Å². The van der Waals surface area contributed by atoms with Crippen molar-refractivity contribution in [2.75, 3.05) is 10.2 Å². The van der Waals surface area contributed by atoms with Crippen LogP contribution in [-0.4, -0.2) is 39.6 Å². The van der Waals surface area contributed by atoms with Crippen molar-refractivity contribution in [1.82, 2.24) is 15.1 Å². The molecule has 2 N–H and O–H groups in total. The normalized spacial score (nSPS) is 19.3. The van der Waals surface area contributed by atoms with Gasteiger partial charge in [-0.05, 0) is 82.7 Å². The Balaban J connectivity index is 1.29. The smallest absolute Gasteiger partial charge is 0.435 e. The molecule has 8 nitrogen and oxygen atoms in total. The van der Waals surface area contributed by atoms with Crippen molar-refractivity contribution in [3.63, 3.8) is 0 Å². The second-order valence-corrected chi connectivity index (χ2v) is 11.2. The maximum atomic E-state index is 14.1. The third kappa shape index (κ3) is 5.67. The quantitative estimate of drug-likeness (QED) is 0.383. The summed E-state index contributed by atoms with van der Waals surface area (Å²) in [5.41, 5.74) is 0.0483. The van der Waals surface area contributed by atoms with Gasteiger partial charge >= 0.3 is 18.3 Å². The van der Waals surface area contributed by atoms with Gasteiger partial charge in [0.2, 0.25) is 0 Å². The van der Waals surface area contributed by atoms with Crippen molar-refractivity contribution in [2.45, 2.75) is 83.3 Å². The Morgan fingerprint density at radius 2 is 1.77 bits per heavy atom. The van der Waals surface area contributed by atoms with Crippen LogP contribution in [0.25, 0.3) is 10.9 Å². The molecule has 0 spiro atoms. The summed E-state index contributed by atoms with van der Waals surface area (Å²) >= 11 is 0. The number of anilines is 2. The fourth-order valence-electron chi connectivity index (χ4n) is 5.62. The highest BCUT2D eigenvalue weighted by atomic mass is 19.4. The fourth-order valence-corrected chi connectivity index (χ4v) is 5.62. The zero-order valence-corrected chi connectivity index (χ0v) is 22.1. The number of hydrogen-bond donors (Lipinski definition) is 2. The molecule has 39 heavy (non-hydrogen) atoms. The first kappa shape index (κ1) is 26.8. The number of carbonyl (C=O) groups excluding carboxylic acids is 2. The minimum atomic E-state index is -4.51. The molecule has 3 heterocycles. The summed E-state index contributed by atoms with van der Waals surface area (Å²) in [6, 6.07) is 9.00. The van der Waals surface area contributed by atoms with Crippen LogP contribution in [0.1, 0.15) is 64.0 Å². The number of nitrogens with zero attached hydrogens (tertiary/aromatic N) is 3. The zero-order chi connectivity index (χ0) is 27.9. The molecule has 208 valence electrons. The van der Waals surface area contributed by atoms with Crippen LogP contribution in [0.15, 0.2) is 42.6 Å². The van der Waals surface area contributed by atoms with E-state index in [4.69, 9.17) is 4.74 Å². The maximum absolute atomic E-state index is 14.1. The molecule has 2 aliphatic rings. The number of aromatic nitrogens is 2. The number of urea groups is 1. The van der Waals surface area contributed by atoms with Crippen molar-refractivity contribution in [3.8, 4) is 0 Å². The number of fused-ring (bicyclic) bond motifs is 3. The summed E-state index contributed by atoms with van der Waals surface area (Å²) in [6.45, 7) is 5.15. The van der Waals surface area contributed by atoms with Crippen LogP contribution in [-0.2, 0) is 17.5 Å². The molecular weight excluding hydrogens is 511 g/mol. The average Bonchev–Trinajstić information content (AvgIpc) is 3.39. The van der Waals surface area contributed by atoms with Gasteiger partial charge in [0.05, 0.1) is 23.0 Å². The van der Waals surface area contributed by atoms with Gasteiger partial charge in [-0.25, -0.2) is 9.59 Å². The molecule has 3 aromatic rings. The monoisotopic (exact) mass is 543 g/mol. The average molecular weight is 544 g/mol. The first-order valence-corrected chi connectivity index (χ1v) is 13.1. The van der Waals surface area contributed by atoms with Crippen molar-refractivity contribution >= 4 is 34.4 Å². The van der Waals surface area contributed by atoms with E-state index in [0.29, 0.717) is 22.2 Å². The first-order valence-electron chi connectivity index (χ1n) is 13.1. The van der Waals surface area contributed by atoms with Crippen LogP contribution in [0.2, 0.25) is 0 Å². The van der Waals surface area contributed by atoms with E-state index < -0.39 is 29.5 Å². The number of piperidine rings is 1. The number of halogens is 3. The van der Waals surface area contributed by atoms with Crippen LogP contribution in [0.4, 0.5) is 34.1 Å². The lowest BCUT2D eigenvalue weighted by Gasteiger charge is -2.38.